The predicted octanol–water partition coefficient (Wildman–Crippen LogP) is 2.28. The van der Waals surface area contributed by atoms with Crippen molar-refractivity contribution in [2.45, 2.75) is 50.9 Å². The summed E-state index contributed by atoms with van der Waals surface area (Å²) in [7, 11) is 1.79. The molecule has 2 aromatic rings. The summed E-state index contributed by atoms with van der Waals surface area (Å²) in [5, 5.41) is 9.04. The molecule has 2 aromatic heterocycles. The fourth-order valence-electron chi connectivity index (χ4n) is 5.74. The molecule has 164 valence electrons. The zero-order valence-electron chi connectivity index (χ0n) is 18.2. The van der Waals surface area contributed by atoms with E-state index in [9.17, 15) is 4.79 Å². The monoisotopic (exact) mass is 421 g/mol. The standard InChI is InChI=1S/C24H31N5O2/c1-31-22-4-6-27(7-5-22)15-19-2-3-23-20-8-18(14-29(23)24(19)30)13-28(16-20)12-17-9-21(10-25)26-11-17/h2-3,9,11,18,20,22,26H,4-8,12-16H2,1H3/t18-,20+/m0/s1. The quantitative estimate of drug-likeness (QED) is 0.802. The molecule has 0 saturated carbocycles. The summed E-state index contributed by atoms with van der Waals surface area (Å²) in [5.74, 6) is 0.909. The molecule has 1 N–H and O–H groups in total. The second-order valence-corrected chi connectivity index (χ2v) is 9.44. The molecule has 3 aliphatic rings. The second kappa shape index (κ2) is 8.62. The normalized spacial score (nSPS) is 24.6. The van der Waals surface area contributed by atoms with Gasteiger partial charge in [0, 0.05) is 76.3 Å². The number of fused-ring (bicyclic) bond motifs is 4. The predicted molar refractivity (Wildman–Crippen MR) is 118 cm³/mol. The molecule has 2 saturated heterocycles. The summed E-state index contributed by atoms with van der Waals surface area (Å²) in [6.45, 7) is 6.37. The first-order valence-corrected chi connectivity index (χ1v) is 11.4. The molecule has 7 nitrogen and oxygen atoms in total. The summed E-state index contributed by atoms with van der Waals surface area (Å²) in [4.78, 5) is 21.2. The summed E-state index contributed by atoms with van der Waals surface area (Å²) < 4.78 is 7.54. The number of likely N-dealkylation sites (tertiary alicyclic amines) is 2. The molecule has 0 aromatic carbocycles. The van der Waals surface area contributed by atoms with Gasteiger partial charge in [-0.3, -0.25) is 14.6 Å². The Balaban J connectivity index is 1.29. The third kappa shape index (κ3) is 4.20. The fraction of sp³-hybridized carbons (Fsp3) is 0.583. The van der Waals surface area contributed by atoms with Crippen molar-refractivity contribution in [1.82, 2.24) is 19.4 Å². The minimum Gasteiger partial charge on any atom is -0.381 e. The Hall–Kier alpha value is -2.40. The first-order valence-electron chi connectivity index (χ1n) is 11.4. The van der Waals surface area contributed by atoms with Crippen molar-refractivity contribution in [2.75, 3.05) is 33.3 Å². The number of nitriles is 1. The highest BCUT2D eigenvalue weighted by Gasteiger charge is 2.35. The van der Waals surface area contributed by atoms with Gasteiger partial charge in [0.05, 0.1) is 6.10 Å². The van der Waals surface area contributed by atoms with E-state index in [1.165, 1.54) is 5.69 Å². The van der Waals surface area contributed by atoms with Crippen LogP contribution in [0.5, 0.6) is 0 Å². The first-order chi connectivity index (χ1) is 15.1. The molecule has 0 radical (unpaired) electrons. The fourth-order valence-corrected chi connectivity index (χ4v) is 5.74. The van der Waals surface area contributed by atoms with Gasteiger partial charge in [-0.25, -0.2) is 0 Å². The first kappa shape index (κ1) is 20.5. The second-order valence-electron chi connectivity index (χ2n) is 9.44. The van der Waals surface area contributed by atoms with Gasteiger partial charge in [-0.05, 0) is 42.9 Å². The zero-order valence-corrected chi connectivity index (χ0v) is 18.2. The minimum absolute atomic E-state index is 0.207. The summed E-state index contributed by atoms with van der Waals surface area (Å²) in [6.07, 6.45) is 5.54. The van der Waals surface area contributed by atoms with Crippen molar-refractivity contribution >= 4 is 0 Å². The van der Waals surface area contributed by atoms with Gasteiger partial charge < -0.3 is 14.3 Å². The van der Waals surface area contributed by atoms with E-state index in [1.54, 1.807) is 7.11 Å². The van der Waals surface area contributed by atoms with Crippen LogP contribution in [0.25, 0.3) is 0 Å². The van der Waals surface area contributed by atoms with Crippen LogP contribution in [0.4, 0.5) is 0 Å². The number of nitrogens with one attached hydrogen (secondary N) is 1. The van der Waals surface area contributed by atoms with E-state index >= 15 is 0 Å². The highest BCUT2D eigenvalue weighted by molar-refractivity contribution is 5.27. The summed E-state index contributed by atoms with van der Waals surface area (Å²) in [6, 6.07) is 8.37. The average Bonchev–Trinajstić information content (AvgIpc) is 3.24. The number of nitrogens with zero attached hydrogens (tertiary/aromatic N) is 4. The number of hydrogen-bond acceptors (Lipinski definition) is 5. The molecular formula is C24H31N5O2. The van der Waals surface area contributed by atoms with Crippen LogP contribution >= 0.6 is 0 Å². The molecule has 0 spiro atoms. The Labute approximate surface area is 183 Å². The van der Waals surface area contributed by atoms with Gasteiger partial charge in [0.15, 0.2) is 0 Å². The lowest BCUT2D eigenvalue weighted by atomic mass is 9.83. The third-order valence-electron chi connectivity index (χ3n) is 7.29. The van der Waals surface area contributed by atoms with Gasteiger partial charge in [-0.2, -0.15) is 5.26 Å². The van der Waals surface area contributed by atoms with E-state index < -0.39 is 0 Å². The van der Waals surface area contributed by atoms with Gasteiger partial charge >= 0.3 is 0 Å². The molecule has 5 heterocycles. The van der Waals surface area contributed by atoms with E-state index in [1.807, 2.05) is 12.3 Å². The number of pyridine rings is 1. The number of aromatic amines is 1. The summed E-state index contributed by atoms with van der Waals surface area (Å²) >= 11 is 0. The Morgan fingerprint density at radius 2 is 2.00 bits per heavy atom. The maximum absolute atomic E-state index is 13.3. The smallest absolute Gasteiger partial charge is 0.255 e. The SMILES string of the molecule is COC1CCN(Cc2ccc3n(c2=O)C[C@H]2C[C@@H]3CN(Cc3c[nH]c(C#N)c3)C2)CC1. The van der Waals surface area contributed by atoms with Crippen molar-refractivity contribution in [3.05, 3.63) is 57.3 Å². The van der Waals surface area contributed by atoms with Crippen molar-refractivity contribution in [2.24, 2.45) is 5.92 Å². The van der Waals surface area contributed by atoms with Gasteiger partial charge in [-0.15, -0.1) is 0 Å². The number of methoxy groups -OCH3 is 1. The zero-order chi connectivity index (χ0) is 21.4. The van der Waals surface area contributed by atoms with Gasteiger partial charge in [0.1, 0.15) is 11.8 Å². The van der Waals surface area contributed by atoms with Gasteiger partial charge in [-0.1, -0.05) is 6.07 Å². The molecule has 2 fully saturated rings. The molecule has 5 rings (SSSR count). The van der Waals surface area contributed by atoms with Crippen LogP contribution in [0.15, 0.2) is 29.2 Å². The van der Waals surface area contributed by atoms with Gasteiger partial charge in [0.25, 0.3) is 5.56 Å². The molecule has 2 atom stereocenters. The molecule has 31 heavy (non-hydrogen) atoms. The van der Waals surface area contributed by atoms with Crippen LogP contribution in [0.1, 0.15) is 47.7 Å². The van der Waals surface area contributed by atoms with Crippen LogP contribution in [0, 0.1) is 17.2 Å². The minimum atomic E-state index is 0.207. The third-order valence-corrected chi connectivity index (χ3v) is 7.29. The highest BCUT2D eigenvalue weighted by atomic mass is 16.5. The van der Waals surface area contributed by atoms with E-state index in [0.717, 1.165) is 76.2 Å². The average molecular weight is 422 g/mol. The van der Waals surface area contributed by atoms with Crippen molar-refractivity contribution in [3.8, 4) is 6.07 Å². The van der Waals surface area contributed by atoms with Crippen LogP contribution in [-0.4, -0.2) is 58.7 Å². The molecule has 0 amide bonds. The topological polar surface area (TPSA) is 77.3 Å². The molecule has 2 bridgehead atoms. The highest BCUT2D eigenvalue weighted by Crippen LogP contribution is 2.35. The van der Waals surface area contributed by atoms with Crippen molar-refractivity contribution in [3.63, 3.8) is 0 Å². The number of aromatic nitrogens is 2. The van der Waals surface area contributed by atoms with Crippen molar-refractivity contribution in [1.29, 1.82) is 5.26 Å². The van der Waals surface area contributed by atoms with E-state index in [2.05, 4.69) is 37.6 Å². The largest absolute Gasteiger partial charge is 0.381 e. The number of H-pyrrole nitrogens is 1. The lowest BCUT2D eigenvalue weighted by Gasteiger charge is -2.43. The molecule has 0 aliphatic carbocycles. The van der Waals surface area contributed by atoms with E-state index in [4.69, 9.17) is 10.00 Å². The van der Waals surface area contributed by atoms with Gasteiger partial charge in [0.2, 0.25) is 0 Å². The Bertz CT molecular complexity index is 1030. The van der Waals surface area contributed by atoms with Crippen LogP contribution < -0.4 is 5.56 Å². The van der Waals surface area contributed by atoms with Crippen LogP contribution in [0.3, 0.4) is 0 Å². The Morgan fingerprint density at radius 1 is 1.16 bits per heavy atom. The number of rotatable bonds is 5. The molecule has 0 unspecified atom stereocenters. The maximum atomic E-state index is 13.3. The molecular weight excluding hydrogens is 390 g/mol. The molecule has 3 aliphatic heterocycles. The van der Waals surface area contributed by atoms with E-state index in [0.29, 0.717) is 23.6 Å². The molecule has 7 heteroatoms. The maximum Gasteiger partial charge on any atom is 0.255 e. The van der Waals surface area contributed by atoms with Crippen LogP contribution in [-0.2, 0) is 24.4 Å². The number of piperidine rings is 2. The van der Waals surface area contributed by atoms with Crippen LogP contribution in [0.2, 0.25) is 0 Å². The van der Waals surface area contributed by atoms with Crippen molar-refractivity contribution < 1.29 is 4.74 Å². The number of ether oxygens (including phenoxy) is 1. The lowest BCUT2D eigenvalue weighted by Crippen LogP contribution is -2.47. The van der Waals surface area contributed by atoms with E-state index in [-0.39, 0.29) is 5.56 Å². The number of hydrogen-bond donors (Lipinski definition) is 1. The lowest BCUT2D eigenvalue weighted by molar-refractivity contribution is 0.0386. The summed E-state index contributed by atoms with van der Waals surface area (Å²) in [5.41, 5.74) is 4.09. The Morgan fingerprint density at radius 3 is 2.74 bits per heavy atom. The Kier molecular flexibility index (Phi) is 5.70.